The van der Waals surface area contributed by atoms with Crippen LogP contribution in [0.5, 0.6) is 0 Å². The minimum atomic E-state index is -1.70. The van der Waals surface area contributed by atoms with Gasteiger partial charge in [0, 0.05) is 17.2 Å². The minimum absolute atomic E-state index is 0.176. The van der Waals surface area contributed by atoms with Crippen LogP contribution in [0, 0.1) is 10.1 Å². The first-order valence-corrected chi connectivity index (χ1v) is 5.72. The van der Waals surface area contributed by atoms with Crippen LogP contribution in [0.1, 0.15) is 20.7 Å². The predicted octanol–water partition coefficient (Wildman–Crippen LogP) is -0.0112. The number of hydrogen-bond donors (Lipinski definition) is 0. The number of benzene rings is 2. The van der Waals surface area contributed by atoms with E-state index in [1.54, 1.807) is 6.07 Å². The van der Waals surface area contributed by atoms with E-state index in [0.717, 1.165) is 12.1 Å². The van der Waals surface area contributed by atoms with Crippen LogP contribution in [0.4, 0.5) is 5.69 Å². The van der Waals surface area contributed by atoms with Crippen LogP contribution in [-0.2, 0) is 0 Å². The number of nitrogens with zero attached hydrogens (tertiary/aromatic N) is 1. The van der Waals surface area contributed by atoms with Gasteiger partial charge in [-0.1, -0.05) is 24.3 Å². The fourth-order valence-electron chi connectivity index (χ4n) is 1.94. The lowest BCUT2D eigenvalue weighted by molar-refractivity contribution is -0.384. The molecule has 2 aromatic carbocycles. The number of carboxylic acid groups (broad SMARTS) is 2. The molecule has 0 atom stereocenters. The van der Waals surface area contributed by atoms with Crippen molar-refractivity contribution in [3.05, 3.63) is 63.7 Å². The molecule has 2 rings (SSSR count). The second kappa shape index (κ2) is 5.41. The molecule has 0 radical (unpaired) electrons. The monoisotopic (exact) mass is 285 g/mol. The van der Waals surface area contributed by atoms with Crippen molar-refractivity contribution in [3.63, 3.8) is 0 Å². The first-order valence-electron chi connectivity index (χ1n) is 5.72. The second-order valence-electron chi connectivity index (χ2n) is 4.11. The molecule has 0 aliphatic rings. The van der Waals surface area contributed by atoms with Gasteiger partial charge >= 0.3 is 0 Å². The van der Waals surface area contributed by atoms with Crippen molar-refractivity contribution in [2.24, 2.45) is 0 Å². The minimum Gasteiger partial charge on any atom is -0.545 e. The molecule has 0 saturated heterocycles. The molecule has 0 aromatic heterocycles. The average molecular weight is 285 g/mol. The maximum absolute atomic E-state index is 11.0. The zero-order valence-corrected chi connectivity index (χ0v) is 10.4. The van der Waals surface area contributed by atoms with Gasteiger partial charge in [0.15, 0.2) is 0 Å². The average Bonchev–Trinajstić information content (AvgIpc) is 2.46. The number of carbonyl (C=O) groups is 2. The van der Waals surface area contributed by atoms with Crippen LogP contribution < -0.4 is 10.2 Å². The first kappa shape index (κ1) is 14.2. The van der Waals surface area contributed by atoms with Crippen molar-refractivity contribution in [2.45, 2.75) is 0 Å². The van der Waals surface area contributed by atoms with Crippen LogP contribution in [0.2, 0.25) is 0 Å². The Morgan fingerprint density at radius 2 is 1.52 bits per heavy atom. The van der Waals surface area contributed by atoms with Gasteiger partial charge in [-0.2, -0.15) is 0 Å². The van der Waals surface area contributed by atoms with Gasteiger partial charge in [0.05, 0.1) is 22.4 Å². The van der Waals surface area contributed by atoms with Gasteiger partial charge in [0.25, 0.3) is 5.69 Å². The summed E-state index contributed by atoms with van der Waals surface area (Å²) in [5.74, 6) is -3.36. The molecule has 7 nitrogen and oxygen atoms in total. The van der Waals surface area contributed by atoms with E-state index < -0.39 is 28.0 Å². The molecule has 21 heavy (non-hydrogen) atoms. The van der Waals surface area contributed by atoms with Crippen molar-refractivity contribution in [3.8, 4) is 11.1 Å². The van der Waals surface area contributed by atoms with Gasteiger partial charge in [0.2, 0.25) is 0 Å². The fourth-order valence-corrected chi connectivity index (χ4v) is 1.94. The van der Waals surface area contributed by atoms with Gasteiger partial charge in [-0.25, -0.2) is 0 Å². The molecule has 7 heteroatoms. The Bertz CT molecular complexity index is 753. The number of rotatable bonds is 4. The first-order chi connectivity index (χ1) is 9.91. The van der Waals surface area contributed by atoms with Crippen LogP contribution in [0.3, 0.4) is 0 Å². The molecular weight excluding hydrogens is 278 g/mol. The van der Waals surface area contributed by atoms with Crippen molar-refractivity contribution in [1.82, 2.24) is 0 Å². The van der Waals surface area contributed by atoms with Crippen LogP contribution in [0.15, 0.2) is 42.5 Å². The van der Waals surface area contributed by atoms with Crippen molar-refractivity contribution in [1.29, 1.82) is 0 Å². The van der Waals surface area contributed by atoms with E-state index in [4.69, 9.17) is 0 Å². The highest BCUT2D eigenvalue weighted by molar-refractivity contribution is 6.01. The molecule has 2 aromatic rings. The summed E-state index contributed by atoms with van der Waals surface area (Å²) in [6.45, 7) is 0. The molecule has 0 N–H and O–H groups in total. The summed E-state index contributed by atoms with van der Waals surface area (Å²) in [6.07, 6.45) is 0. The Balaban J connectivity index is 2.67. The van der Waals surface area contributed by atoms with E-state index in [9.17, 15) is 29.9 Å². The fraction of sp³-hybridized carbons (Fsp3) is 0. The molecular formula is C14H7NO6-2. The highest BCUT2D eigenvalue weighted by atomic mass is 16.6. The number of nitro groups is 1. The lowest BCUT2D eigenvalue weighted by Gasteiger charge is -2.13. The maximum atomic E-state index is 11.0. The summed E-state index contributed by atoms with van der Waals surface area (Å²) in [5.41, 5.74) is -0.979. The Kier molecular flexibility index (Phi) is 3.66. The number of para-hydroxylation sites is 1. The van der Waals surface area contributed by atoms with Crippen LogP contribution in [0.25, 0.3) is 11.1 Å². The van der Waals surface area contributed by atoms with Crippen molar-refractivity contribution >= 4 is 17.6 Å². The van der Waals surface area contributed by atoms with Gasteiger partial charge in [-0.15, -0.1) is 0 Å². The topological polar surface area (TPSA) is 123 Å². The van der Waals surface area contributed by atoms with E-state index in [-0.39, 0.29) is 16.8 Å². The van der Waals surface area contributed by atoms with E-state index in [2.05, 4.69) is 0 Å². The van der Waals surface area contributed by atoms with E-state index in [0.29, 0.717) is 0 Å². The zero-order valence-electron chi connectivity index (χ0n) is 10.4. The molecule has 0 heterocycles. The summed E-state index contributed by atoms with van der Waals surface area (Å²) in [6, 6.07) is 9.03. The Hall–Kier alpha value is -3.22. The number of aromatic carboxylic acids is 2. The van der Waals surface area contributed by atoms with Gasteiger partial charge in [0.1, 0.15) is 0 Å². The second-order valence-corrected chi connectivity index (χ2v) is 4.11. The van der Waals surface area contributed by atoms with Crippen molar-refractivity contribution < 1.29 is 24.7 Å². The highest BCUT2D eigenvalue weighted by Gasteiger charge is 2.15. The number of carbonyl (C=O) groups excluding carboxylic acids is 2. The normalized spacial score (nSPS) is 10.1. The van der Waals surface area contributed by atoms with Gasteiger partial charge < -0.3 is 19.8 Å². The van der Waals surface area contributed by atoms with Crippen LogP contribution >= 0.6 is 0 Å². The quantitative estimate of drug-likeness (QED) is 0.574. The molecule has 0 unspecified atom stereocenters. The van der Waals surface area contributed by atoms with Gasteiger partial charge in [-0.05, 0) is 17.7 Å². The molecule has 0 amide bonds. The standard InChI is InChI=1S/C14H9NO6/c16-13(17)10-6-5-8(7-11(10)14(18)19)9-3-1-2-4-12(9)15(20)21/h1-7H,(H,16,17)(H,18,19)/p-2. The lowest BCUT2D eigenvalue weighted by Crippen LogP contribution is -2.30. The van der Waals surface area contributed by atoms with E-state index in [1.165, 1.54) is 24.3 Å². The Morgan fingerprint density at radius 1 is 0.905 bits per heavy atom. The number of nitro benzene ring substituents is 1. The molecule has 0 aliphatic carbocycles. The molecule has 0 aliphatic heterocycles. The molecule has 0 spiro atoms. The predicted molar refractivity (Wildman–Crippen MR) is 67.2 cm³/mol. The summed E-state index contributed by atoms with van der Waals surface area (Å²) in [5, 5.41) is 32.8. The number of carboxylic acids is 2. The highest BCUT2D eigenvalue weighted by Crippen LogP contribution is 2.30. The third-order valence-electron chi connectivity index (χ3n) is 2.87. The summed E-state index contributed by atoms with van der Waals surface area (Å²) < 4.78 is 0. The third-order valence-corrected chi connectivity index (χ3v) is 2.87. The summed E-state index contributed by atoms with van der Waals surface area (Å²) in [7, 11) is 0. The largest absolute Gasteiger partial charge is 0.545 e. The van der Waals surface area contributed by atoms with E-state index in [1.807, 2.05) is 0 Å². The van der Waals surface area contributed by atoms with Crippen molar-refractivity contribution in [2.75, 3.05) is 0 Å². The Morgan fingerprint density at radius 3 is 2.10 bits per heavy atom. The lowest BCUT2D eigenvalue weighted by atomic mass is 9.98. The molecule has 0 saturated carbocycles. The molecule has 0 bridgehead atoms. The smallest absolute Gasteiger partial charge is 0.277 e. The van der Waals surface area contributed by atoms with Crippen LogP contribution in [-0.4, -0.2) is 16.9 Å². The zero-order chi connectivity index (χ0) is 15.6. The Labute approximate surface area is 118 Å². The SMILES string of the molecule is O=C([O-])c1ccc(-c2ccccc2[N+](=O)[O-])cc1C(=O)[O-]. The summed E-state index contributed by atoms with van der Waals surface area (Å²) >= 11 is 0. The van der Waals surface area contributed by atoms with Gasteiger partial charge in [-0.3, -0.25) is 10.1 Å². The third kappa shape index (κ3) is 2.71. The number of hydrogen-bond acceptors (Lipinski definition) is 6. The molecule has 0 fully saturated rings. The summed E-state index contributed by atoms with van der Waals surface area (Å²) in [4.78, 5) is 32.2. The van der Waals surface area contributed by atoms with E-state index >= 15 is 0 Å². The maximum Gasteiger partial charge on any atom is 0.277 e. The molecule has 106 valence electrons.